The average Bonchev–Trinajstić information content (AvgIpc) is 3.42. The van der Waals surface area contributed by atoms with E-state index in [0.29, 0.717) is 30.6 Å². The second-order valence-electron chi connectivity index (χ2n) is 7.22. The van der Waals surface area contributed by atoms with Gasteiger partial charge in [0.05, 0.1) is 12.8 Å². The molecule has 1 amide bonds. The summed E-state index contributed by atoms with van der Waals surface area (Å²) in [6.45, 7) is 3.79. The average molecular weight is 381 g/mol. The van der Waals surface area contributed by atoms with Crippen molar-refractivity contribution in [1.82, 2.24) is 10.2 Å². The van der Waals surface area contributed by atoms with E-state index in [9.17, 15) is 4.79 Å². The van der Waals surface area contributed by atoms with Gasteiger partial charge in [-0.1, -0.05) is 13.0 Å². The first-order valence-corrected chi connectivity index (χ1v) is 9.82. The van der Waals surface area contributed by atoms with E-state index in [4.69, 9.17) is 8.83 Å². The fraction of sp³-hybridized carbons (Fsp3) is 0.381. The summed E-state index contributed by atoms with van der Waals surface area (Å²) in [6, 6.07) is 9.78. The second-order valence-corrected chi connectivity index (χ2v) is 7.22. The van der Waals surface area contributed by atoms with E-state index >= 15 is 0 Å². The quantitative estimate of drug-likeness (QED) is 0.625. The zero-order valence-electron chi connectivity index (χ0n) is 16.0. The van der Waals surface area contributed by atoms with E-state index < -0.39 is 0 Å². The first-order valence-electron chi connectivity index (χ1n) is 9.82. The van der Waals surface area contributed by atoms with Crippen molar-refractivity contribution >= 4 is 11.6 Å². The number of nitrogens with one attached hydrogen (secondary N) is 2. The van der Waals surface area contributed by atoms with Gasteiger partial charge in [-0.2, -0.15) is 0 Å². The molecule has 0 aliphatic heterocycles. The molecule has 146 valence electrons. The number of benzene rings is 1. The lowest BCUT2D eigenvalue weighted by Crippen LogP contribution is -3.11. The van der Waals surface area contributed by atoms with Crippen molar-refractivity contribution in [2.24, 2.45) is 0 Å². The number of amides is 1. The van der Waals surface area contributed by atoms with Crippen LogP contribution in [-0.4, -0.2) is 29.2 Å². The monoisotopic (exact) mass is 381 g/mol. The SMILES string of the molecule is CCC[NH+](CC(=O)Nc1ccc2c(c1)CCC2)Cc1nnc(-c2ccco2)o1. The van der Waals surface area contributed by atoms with Gasteiger partial charge in [0.2, 0.25) is 0 Å². The molecular formula is C21H25N4O3+. The lowest BCUT2D eigenvalue weighted by atomic mass is 10.1. The van der Waals surface area contributed by atoms with Crippen molar-refractivity contribution in [1.29, 1.82) is 0 Å². The standard InChI is InChI=1S/C21H24N4O3/c1-2-10-25(14-20-23-24-21(28-20)18-7-4-11-27-18)13-19(26)22-17-9-8-15-5-3-6-16(15)12-17/h4,7-9,11-12H,2-3,5-6,10,13-14H2,1H3,(H,22,26)/p+1. The Morgan fingerprint density at radius 2 is 2.11 bits per heavy atom. The van der Waals surface area contributed by atoms with Gasteiger partial charge >= 0.3 is 0 Å². The maximum Gasteiger partial charge on any atom is 0.283 e. The van der Waals surface area contributed by atoms with Gasteiger partial charge in [0.15, 0.2) is 18.8 Å². The van der Waals surface area contributed by atoms with Crippen LogP contribution in [0.4, 0.5) is 5.69 Å². The molecule has 2 N–H and O–H groups in total. The van der Waals surface area contributed by atoms with E-state index in [-0.39, 0.29) is 5.91 Å². The third-order valence-corrected chi connectivity index (χ3v) is 5.00. The molecule has 0 saturated heterocycles. The largest absolute Gasteiger partial charge is 0.459 e. The van der Waals surface area contributed by atoms with Crippen LogP contribution in [0.2, 0.25) is 0 Å². The fourth-order valence-electron chi connectivity index (χ4n) is 3.71. The first-order chi connectivity index (χ1) is 13.7. The fourth-order valence-corrected chi connectivity index (χ4v) is 3.71. The van der Waals surface area contributed by atoms with Crippen molar-refractivity contribution in [3.05, 3.63) is 53.6 Å². The highest BCUT2D eigenvalue weighted by atomic mass is 16.4. The molecule has 3 aromatic rings. The number of hydrogen-bond acceptors (Lipinski definition) is 5. The Balaban J connectivity index is 1.37. The number of hydrogen-bond donors (Lipinski definition) is 2. The molecule has 1 aromatic carbocycles. The lowest BCUT2D eigenvalue weighted by molar-refractivity contribution is -0.907. The second kappa shape index (κ2) is 8.39. The van der Waals surface area contributed by atoms with Gasteiger partial charge < -0.3 is 19.1 Å². The molecule has 0 bridgehead atoms. The number of aryl methyl sites for hydroxylation is 2. The van der Waals surface area contributed by atoms with Crippen LogP contribution in [0, 0.1) is 0 Å². The Morgan fingerprint density at radius 3 is 2.93 bits per heavy atom. The number of quaternary nitrogens is 1. The van der Waals surface area contributed by atoms with Gasteiger partial charge in [-0.3, -0.25) is 4.79 Å². The summed E-state index contributed by atoms with van der Waals surface area (Å²) in [5.41, 5.74) is 3.63. The van der Waals surface area contributed by atoms with Crippen LogP contribution in [0.3, 0.4) is 0 Å². The molecule has 7 heteroatoms. The molecule has 28 heavy (non-hydrogen) atoms. The minimum absolute atomic E-state index is 0.00725. The lowest BCUT2D eigenvalue weighted by Gasteiger charge is -2.16. The normalized spacial score (nSPS) is 14.0. The highest BCUT2D eigenvalue weighted by Gasteiger charge is 2.20. The molecule has 1 unspecified atom stereocenters. The summed E-state index contributed by atoms with van der Waals surface area (Å²) in [5, 5.41) is 11.2. The maximum atomic E-state index is 12.6. The van der Waals surface area contributed by atoms with E-state index in [1.165, 1.54) is 17.5 Å². The molecule has 0 radical (unpaired) electrons. The molecule has 1 aliphatic rings. The summed E-state index contributed by atoms with van der Waals surface area (Å²) in [5.74, 6) is 1.40. The molecule has 2 aromatic heterocycles. The summed E-state index contributed by atoms with van der Waals surface area (Å²) >= 11 is 0. The highest BCUT2D eigenvalue weighted by molar-refractivity contribution is 5.91. The van der Waals surface area contributed by atoms with Crippen molar-refractivity contribution in [3.8, 4) is 11.7 Å². The van der Waals surface area contributed by atoms with E-state index in [1.807, 2.05) is 6.07 Å². The topological polar surface area (TPSA) is 85.6 Å². The summed E-state index contributed by atoms with van der Waals surface area (Å²) in [7, 11) is 0. The third kappa shape index (κ3) is 4.31. The van der Waals surface area contributed by atoms with Crippen molar-refractivity contribution < 1.29 is 18.5 Å². The van der Waals surface area contributed by atoms with Crippen LogP contribution >= 0.6 is 0 Å². The van der Waals surface area contributed by atoms with Gasteiger partial charge in [0, 0.05) is 5.69 Å². The first kappa shape index (κ1) is 18.4. The predicted octanol–water partition coefficient (Wildman–Crippen LogP) is 2.25. The number of aromatic nitrogens is 2. The van der Waals surface area contributed by atoms with Crippen LogP contribution < -0.4 is 10.2 Å². The Bertz CT molecular complexity index is 933. The number of anilines is 1. The van der Waals surface area contributed by atoms with Crippen LogP contribution in [-0.2, 0) is 24.2 Å². The molecule has 0 spiro atoms. The Hall–Kier alpha value is -2.93. The molecule has 2 heterocycles. The van der Waals surface area contributed by atoms with Gasteiger partial charge in [-0.05, 0) is 61.1 Å². The van der Waals surface area contributed by atoms with Gasteiger partial charge in [0.1, 0.15) is 0 Å². The van der Waals surface area contributed by atoms with Crippen LogP contribution in [0.1, 0.15) is 36.8 Å². The minimum atomic E-state index is -0.00725. The zero-order valence-corrected chi connectivity index (χ0v) is 16.0. The molecule has 0 fully saturated rings. The number of rotatable bonds is 8. The van der Waals surface area contributed by atoms with Crippen LogP contribution in [0.15, 0.2) is 45.4 Å². The van der Waals surface area contributed by atoms with Gasteiger partial charge in [-0.15, -0.1) is 10.2 Å². The van der Waals surface area contributed by atoms with Crippen molar-refractivity contribution in [2.45, 2.75) is 39.2 Å². The van der Waals surface area contributed by atoms with E-state index in [2.05, 4.69) is 34.6 Å². The molecule has 4 rings (SSSR count). The van der Waals surface area contributed by atoms with Gasteiger partial charge in [-0.25, -0.2) is 0 Å². The minimum Gasteiger partial charge on any atom is -0.459 e. The number of furan rings is 1. The smallest absolute Gasteiger partial charge is 0.283 e. The number of nitrogens with zero attached hydrogens (tertiary/aromatic N) is 2. The number of fused-ring (bicyclic) bond motifs is 1. The third-order valence-electron chi connectivity index (χ3n) is 5.00. The Morgan fingerprint density at radius 1 is 1.21 bits per heavy atom. The molecule has 7 nitrogen and oxygen atoms in total. The van der Waals surface area contributed by atoms with E-state index in [1.54, 1.807) is 18.4 Å². The highest BCUT2D eigenvalue weighted by Crippen LogP contribution is 2.24. The van der Waals surface area contributed by atoms with Crippen molar-refractivity contribution in [3.63, 3.8) is 0 Å². The van der Waals surface area contributed by atoms with Crippen LogP contribution in [0.5, 0.6) is 0 Å². The number of carbonyl (C=O) groups is 1. The maximum absolute atomic E-state index is 12.6. The molecule has 1 aliphatic carbocycles. The van der Waals surface area contributed by atoms with Crippen LogP contribution in [0.25, 0.3) is 11.7 Å². The zero-order chi connectivity index (χ0) is 19.3. The van der Waals surface area contributed by atoms with Crippen molar-refractivity contribution in [2.75, 3.05) is 18.4 Å². The summed E-state index contributed by atoms with van der Waals surface area (Å²) in [6.07, 6.45) is 5.96. The Labute approximate surface area is 163 Å². The van der Waals surface area contributed by atoms with Gasteiger partial charge in [0.25, 0.3) is 17.7 Å². The Kier molecular flexibility index (Phi) is 5.53. The van der Waals surface area contributed by atoms with E-state index in [0.717, 1.165) is 36.4 Å². The summed E-state index contributed by atoms with van der Waals surface area (Å²) in [4.78, 5) is 13.6. The molecular weight excluding hydrogens is 356 g/mol. The molecule has 0 saturated carbocycles. The number of carbonyl (C=O) groups excluding carboxylic acids is 1. The predicted molar refractivity (Wildman–Crippen MR) is 104 cm³/mol. The summed E-state index contributed by atoms with van der Waals surface area (Å²) < 4.78 is 11.0. The molecule has 1 atom stereocenters.